The largest absolute Gasteiger partial charge is 0.435 e. The van der Waals surface area contributed by atoms with E-state index in [2.05, 4.69) is 22.2 Å². The molecule has 5 fully saturated rings. The van der Waals surface area contributed by atoms with Gasteiger partial charge in [0.25, 0.3) is 0 Å². The number of amides is 1. The smallest absolute Gasteiger partial charge is 0.308 e. The maximum Gasteiger partial charge on any atom is 0.308 e. The summed E-state index contributed by atoms with van der Waals surface area (Å²) in [6, 6.07) is 8.02. The number of aromatic amines is 1. The van der Waals surface area contributed by atoms with Crippen molar-refractivity contribution in [2.45, 2.75) is 109 Å². The molecule has 5 heterocycles. The number of aromatic nitrogens is 2. The number of carbonyl (C=O) groups is 2. The summed E-state index contributed by atoms with van der Waals surface area (Å²) in [6.45, 7) is 6.77. The number of hydrogen-bond acceptors (Lipinski definition) is 8. The van der Waals surface area contributed by atoms with E-state index < -0.39 is 29.9 Å². The van der Waals surface area contributed by atoms with Crippen molar-refractivity contribution in [3.63, 3.8) is 0 Å². The normalized spacial score (nSPS) is 36.0. The number of unbranched alkanes of at least 4 members (excludes halogenated alkanes) is 2. The highest BCUT2D eigenvalue weighted by Crippen LogP contribution is 2.60. The molecule has 1 spiro atoms. The Morgan fingerprint density at radius 2 is 1.93 bits per heavy atom. The summed E-state index contributed by atoms with van der Waals surface area (Å²) in [6.07, 6.45) is 6.08. The number of rotatable bonds is 10. The molecule has 0 unspecified atom stereocenters. The molecule has 10 heteroatoms. The van der Waals surface area contributed by atoms with E-state index in [1.165, 1.54) is 0 Å². The molecule has 2 bridgehead atoms. The third kappa shape index (κ3) is 5.63. The second-order valence-corrected chi connectivity index (χ2v) is 12.6. The number of imidazole rings is 1. The standard InChI is InChI=1S/C31H43N3O7/c1-19-12-13-22-20(2)28(38-29-31(22)21(19)16-17-30(3,39-29)40-41-31)37-27(36)15-14-26(35)32-18-8-4-5-11-25-33-23-9-6-7-10-24(23)34-25/h6-7,9-10,19-22,28-29H,4-5,8,11-18H2,1-3H3,(H,32,35)(H,33,34)/t19-,20-,21-,22-,28-,29-,30-,31-/m1/s1. The maximum absolute atomic E-state index is 12.8. The Morgan fingerprint density at radius 1 is 1.07 bits per heavy atom. The number of hydrogen-bond donors (Lipinski definition) is 2. The lowest BCUT2D eigenvalue weighted by Crippen LogP contribution is -2.70. The molecule has 1 aromatic heterocycles. The van der Waals surface area contributed by atoms with Crippen LogP contribution in [0.25, 0.3) is 11.0 Å². The summed E-state index contributed by atoms with van der Waals surface area (Å²) in [4.78, 5) is 45.1. The monoisotopic (exact) mass is 569 g/mol. The molecule has 1 saturated carbocycles. The zero-order valence-corrected chi connectivity index (χ0v) is 24.4. The molecular formula is C31H43N3O7. The lowest BCUT2D eigenvalue weighted by atomic mass is 9.58. The van der Waals surface area contributed by atoms with E-state index in [0.29, 0.717) is 12.5 Å². The Morgan fingerprint density at radius 3 is 2.78 bits per heavy atom. The van der Waals surface area contributed by atoms with Gasteiger partial charge in [-0.2, -0.15) is 0 Å². The first-order valence-electron chi connectivity index (χ1n) is 15.4. The van der Waals surface area contributed by atoms with Crippen molar-refractivity contribution in [2.24, 2.45) is 23.7 Å². The number of ether oxygens (including phenoxy) is 3. The van der Waals surface area contributed by atoms with Gasteiger partial charge in [0.05, 0.1) is 17.5 Å². The summed E-state index contributed by atoms with van der Waals surface area (Å²) in [7, 11) is 0. The van der Waals surface area contributed by atoms with Crippen molar-refractivity contribution in [1.82, 2.24) is 15.3 Å². The van der Waals surface area contributed by atoms with Crippen molar-refractivity contribution in [2.75, 3.05) is 6.54 Å². The lowest BCUT2D eigenvalue weighted by Gasteiger charge is -2.59. The van der Waals surface area contributed by atoms with Crippen LogP contribution in [0.15, 0.2) is 24.3 Å². The second kappa shape index (κ2) is 11.6. The number of carbonyl (C=O) groups excluding carboxylic acids is 2. The predicted molar refractivity (Wildman–Crippen MR) is 149 cm³/mol. The summed E-state index contributed by atoms with van der Waals surface area (Å²) in [5, 5.41) is 2.92. The van der Waals surface area contributed by atoms with E-state index in [1.807, 2.05) is 38.1 Å². The first-order valence-corrected chi connectivity index (χ1v) is 15.4. The average Bonchev–Trinajstić information content (AvgIpc) is 3.24. The molecule has 4 saturated heterocycles. The fraction of sp³-hybridized carbons (Fsp3) is 0.710. The van der Waals surface area contributed by atoms with Gasteiger partial charge >= 0.3 is 5.97 Å². The Labute approximate surface area is 241 Å². The van der Waals surface area contributed by atoms with Crippen LogP contribution in [-0.2, 0) is 40.0 Å². The highest BCUT2D eigenvalue weighted by molar-refractivity contribution is 5.81. The minimum absolute atomic E-state index is 0.00276. The van der Waals surface area contributed by atoms with E-state index in [-0.39, 0.29) is 36.5 Å². The van der Waals surface area contributed by atoms with Crippen LogP contribution in [0.1, 0.15) is 84.4 Å². The quantitative estimate of drug-likeness (QED) is 0.235. The Bertz CT molecular complexity index is 1220. The number of aryl methyl sites for hydroxylation is 1. The van der Waals surface area contributed by atoms with Gasteiger partial charge in [-0.25, -0.2) is 14.8 Å². The molecule has 5 aliphatic rings. The van der Waals surface area contributed by atoms with E-state index in [4.69, 9.17) is 24.0 Å². The third-order valence-electron chi connectivity index (χ3n) is 9.75. The zero-order valence-electron chi connectivity index (χ0n) is 24.4. The number of nitrogens with one attached hydrogen (secondary N) is 2. The van der Waals surface area contributed by atoms with Crippen molar-refractivity contribution < 1.29 is 33.6 Å². The molecule has 4 aliphatic heterocycles. The van der Waals surface area contributed by atoms with E-state index in [9.17, 15) is 9.59 Å². The predicted octanol–water partition coefficient (Wildman–Crippen LogP) is 4.92. The van der Waals surface area contributed by atoms with Gasteiger partial charge in [0.1, 0.15) is 5.82 Å². The van der Waals surface area contributed by atoms with Gasteiger partial charge in [0.15, 0.2) is 11.9 Å². The fourth-order valence-corrected chi connectivity index (χ4v) is 7.45. The Kier molecular flexibility index (Phi) is 8.11. The molecular weight excluding hydrogens is 526 g/mol. The topological polar surface area (TPSA) is 121 Å². The summed E-state index contributed by atoms with van der Waals surface area (Å²) in [5.74, 6) is 0.232. The van der Waals surface area contributed by atoms with Gasteiger partial charge in [-0.3, -0.25) is 9.59 Å². The molecule has 2 aromatic rings. The molecule has 41 heavy (non-hydrogen) atoms. The SMILES string of the molecule is C[C@H]1[C@H](OC(=O)CCC(=O)NCCCCCc2nc3ccccc3[nH]2)O[C@@H]2O[C@@]3(C)CC[C@@H]4[C@H](C)CC[C@H]1[C@@]24OO3. The van der Waals surface area contributed by atoms with Crippen molar-refractivity contribution >= 4 is 22.9 Å². The molecule has 1 aromatic carbocycles. The van der Waals surface area contributed by atoms with Crippen molar-refractivity contribution in [1.29, 1.82) is 0 Å². The lowest BCUT2D eigenvalue weighted by molar-refractivity contribution is -0.576. The molecule has 1 aliphatic carbocycles. The Balaban J connectivity index is 0.926. The van der Waals surface area contributed by atoms with Crippen molar-refractivity contribution in [3.8, 4) is 0 Å². The number of H-pyrrole nitrogens is 1. The number of benzene rings is 1. The summed E-state index contributed by atoms with van der Waals surface area (Å²) in [5.41, 5.74) is 1.35. The van der Waals surface area contributed by atoms with Crippen LogP contribution in [-0.4, -0.2) is 52.4 Å². The van der Waals surface area contributed by atoms with E-state index in [0.717, 1.165) is 68.2 Å². The van der Waals surface area contributed by atoms with Gasteiger partial charge in [-0.15, -0.1) is 0 Å². The molecule has 2 N–H and O–H groups in total. The van der Waals surface area contributed by atoms with Crippen LogP contribution >= 0.6 is 0 Å². The van der Waals surface area contributed by atoms with Gasteiger partial charge in [0.2, 0.25) is 18.0 Å². The van der Waals surface area contributed by atoms with Crippen LogP contribution in [0.5, 0.6) is 0 Å². The van der Waals surface area contributed by atoms with Crippen LogP contribution in [0.3, 0.4) is 0 Å². The highest BCUT2D eigenvalue weighted by Gasteiger charge is 2.69. The zero-order chi connectivity index (χ0) is 28.6. The fourth-order valence-electron chi connectivity index (χ4n) is 7.45. The van der Waals surface area contributed by atoms with E-state index >= 15 is 0 Å². The molecule has 7 rings (SSSR count). The maximum atomic E-state index is 12.8. The van der Waals surface area contributed by atoms with Crippen LogP contribution in [0, 0.1) is 23.7 Å². The third-order valence-corrected chi connectivity index (χ3v) is 9.75. The highest BCUT2D eigenvalue weighted by atomic mass is 17.3. The number of para-hydroxylation sites is 2. The minimum atomic E-state index is -0.877. The molecule has 0 radical (unpaired) electrons. The van der Waals surface area contributed by atoms with Gasteiger partial charge in [-0.05, 0) is 63.0 Å². The number of esters is 1. The van der Waals surface area contributed by atoms with Crippen LogP contribution in [0.2, 0.25) is 0 Å². The van der Waals surface area contributed by atoms with E-state index in [1.54, 1.807) is 0 Å². The Hall–Kier alpha value is -2.53. The summed E-state index contributed by atoms with van der Waals surface area (Å²) >= 11 is 0. The molecule has 1 amide bonds. The number of fused-ring (bicyclic) bond motifs is 3. The second-order valence-electron chi connectivity index (χ2n) is 12.6. The summed E-state index contributed by atoms with van der Waals surface area (Å²) < 4.78 is 18.4. The van der Waals surface area contributed by atoms with Gasteiger partial charge in [0, 0.05) is 37.6 Å². The van der Waals surface area contributed by atoms with Crippen LogP contribution < -0.4 is 5.32 Å². The van der Waals surface area contributed by atoms with Gasteiger partial charge in [-0.1, -0.05) is 32.4 Å². The van der Waals surface area contributed by atoms with Gasteiger partial charge < -0.3 is 24.5 Å². The first-order chi connectivity index (χ1) is 19.8. The molecule has 224 valence electrons. The average molecular weight is 570 g/mol. The first kappa shape index (κ1) is 28.6. The molecule has 10 nitrogen and oxygen atoms in total. The van der Waals surface area contributed by atoms with Crippen molar-refractivity contribution in [3.05, 3.63) is 30.1 Å². The number of nitrogens with zero attached hydrogens (tertiary/aromatic N) is 1. The minimum Gasteiger partial charge on any atom is -0.435 e. The van der Waals surface area contributed by atoms with Crippen LogP contribution in [0.4, 0.5) is 0 Å². The molecule has 8 atom stereocenters.